The van der Waals surface area contributed by atoms with Gasteiger partial charge in [0.2, 0.25) is 0 Å². The van der Waals surface area contributed by atoms with E-state index in [-0.39, 0.29) is 5.79 Å². The van der Waals surface area contributed by atoms with E-state index in [2.05, 4.69) is 4.90 Å². The Hall–Kier alpha value is -0.120. The van der Waals surface area contributed by atoms with E-state index in [0.29, 0.717) is 6.10 Å². The maximum absolute atomic E-state index is 6.49. The van der Waals surface area contributed by atoms with Crippen LogP contribution in [0.5, 0.6) is 0 Å². The van der Waals surface area contributed by atoms with Crippen LogP contribution in [0.15, 0.2) is 0 Å². The lowest BCUT2D eigenvalue weighted by Crippen LogP contribution is -2.35. The second-order valence-corrected chi connectivity index (χ2v) is 7.65. The van der Waals surface area contributed by atoms with Gasteiger partial charge in [0.25, 0.3) is 0 Å². The third-order valence-electron chi connectivity index (χ3n) is 5.69. The van der Waals surface area contributed by atoms with Crippen LogP contribution in [0.25, 0.3) is 0 Å². The first kappa shape index (κ1) is 16.7. The zero-order valence-electron chi connectivity index (χ0n) is 14.4. The smallest absolute Gasteiger partial charge is 0.168 e. The van der Waals surface area contributed by atoms with Gasteiger partial charge in [-0.25, -0.2) is 0 Å². The molecule has 1 aliphatic carbocycles. The number of nitrogens with zero attached hydrogens (tertiary/aromatic N) is 1. The summed E-state index contributed by atoms with van der Waals surface area (Å²) in [5, 5.41) is 0. The van der Waals surface area contributed by atoms with Crippen LogP contribution in [0, 0.1) is 0 Å². The van der Waals surface area contributed by atoms with Crippen LogP contribution in [0.2, 0.25) is 0 Å². The molecule has 0 radical (unpaired) electrons. The highest BCUT2D eigenvalue weighted by molar-refractivity contribution is 4.82. The summed E-state index contributed by atoms with van der Waals surface area (Å²) in [5.41, 5.74) is 0. The zero-order valence-corrected chi connectivity index (χ0v) is 14.4. The average molecular weight is 309 g/mol. The third kappa shape index (κ3) is 4.94. The Morgan fingerprint density at radius 3 is 1.86 bits per heavy atom. The van der Waals surface area contributed by atoms with Crippen molar-refractivity contribution in [3.8, 4) is 0 Å². The first-order valence-corrected chi connectivity index (χ1v) is 9.90. The van der Waals surface area contributed by atoms with Gasteiger partial charge in [0.15, 0.2) is 5.79 Å². The molecule has 3 nitrogen and oxygen atoms in total. The van der Waals surface area contributed by atoms with Gasteiger partial charge >= 0.3 is 0 Å². The van der Waals surface area contributed by atoms with E-state index >= 15 is 0 Å². The molecule has 0 bridgehead atoms. The molecule has 128 valence electrons. The highest BCUT2D eigenvalue weighted by Gasteiger charge is 2.41. The molecule has 0 aromatic carbocycles. The molecule has 0 aromatic rings. The van der Waals surface area contributed by atoms with Gasteiger partial charge in [-0.15, -0.1) is 0 Å². The van der Waals surface area contributed by atoms with E-state index < -0.39 is 0 Å². The van der Waals surface area contributed by atoms with E-state index in [9.17, 15) is 0 Å². The monoisotopic (exact) mass is 309 g/mol. The lowest BCUT2D eigenvalue weighted by molar-refractivity contribution is -0.180. The molecular weight excluding hydrogens is 274 g/mol. The molecule has 1 spiro atoms. The van der Waals surface area contributed by atoms with Crippen LogP contribution in [0.1, 0.15) is 83.5 Å². The normalized spacial score (nSPS) is 31.9. The summed E-state index contributed by atoms with van der Waals surface area (Å²) < 4.78 is 12.8. The SMILES string of the molecule is C1CCCCCC2(CCCCC1)OC[C@@H](CN1CCCC1)O2. The van der Waals surface area contributed by atoms with E-state index in [1.807, 2.05) is 0 Å². The number of ether oxygens (including phenoxy) is 2. The fourth-order valence-electron chi connectivity index (χ4n) is 4.37. The van der Waals surface area contributed by atoms with E-state index in [1.54, 1.807) is 0 Å². The Morgan fingerprint density at radius 2 is 1.27 bits per heavy atom. The van der Waals surface area contributed by atoms with Gasteiger partial charge in [-0.3, -0.25) is 0 Å². The molecule has 0 N–H and O–H groups in total. The highest BCUT2D eigenvalue weighted by atomic mass is 16.7. The number of rotatable bonds is 2. The quantitative estimate of drug-likeness (QED) is 0.749. The predicted octanol–water partition coefficient (Wildman–Crippen LogP) is 4.50. The standard InChI is InChI=1S/C19H35NO2/c1-2-4-6-8-12-19(13-9-7-5-3-1)21-17-18(22-19)16-20-14-10-11-15-20/h18H,1-17H2/t18-/m1/s1. The minimum atomic E-state index is -0.233. The first-order valence-electron chi connectivity index (χ1n) is 9.90. The molecular formula is C19H35NO2. The molecule has 1 atom stereocenters. The second kappa shape index (κ2) is 8.65. The summed E-state index contributed by atoms with van der Waals surface area (Å²) in [4.78, 5) is 2.56. The van der Waals surface area contributed by atoms with Crippen molar-refractivity contribution >= 4 is 0 Å². The molecule has 0 unspecified atom stereocenters. The predicted molar refractivity (Wildman–Crippen MR) is 90.0 cm³/mol. The molecule has 3 rings (SSSR count). The molecule has 3 fully saturated rings. The minimum absolute atomic E-state index is 0.233. The van der Waals surface area contributed by atoms with Crippen molar-refractivity contribution in [2.45, 2.75) is 95.4 Å². The summed E-state index contributed by atoms with van der Waals surface area (Å²) in [5.74, 6) is -0.233. The molecule has 0 amide bonds. The van der Waals surface area contributed by atoms with Crippen LogP contribution >= 0.6 is 0 Å². The maximum Gasteiger partial charge on any atom is 0.168 e. The topological polar surface area (TPSA) is 21.7 Å². The molecule has 2 saturated heterocycles. The van der Waals surface area contributed by atoms with Crippen molar-refractivity contribution in [2.75, 3.05) is 26.2 Å². The van der Waals surface area contributed by atoms with Crippen LogP contribution in [0.3, 0.4) is 0 Å². The van der Waals surface area contributed by atoms with Crippen LogP contribution < -0.4 is 0 Å². The zero-order chi connectivity index (χ0) is 15.1. The minimum Gasteiger partial charge on any atom is -0.347 e. The van der Waals surface area contributed by atoms with Crippen molar-refractivity contribution in [2.24, 2.45) is 0 Å². The number of hydrogen-bond donors (Lipinski definition) is 0. The molecule has 22 heavy (non-hydrogen) atoms. The van der Waals surface area contributed by atoms with Crippen LogP contribution in [-0.2, 0) is 9.47 Å². The van der Waals surface area contributed by atoms with E-state index in [1.165, 1.54) is 83.7 Å². The Bertz CT molecular complexity index is 303. The fourth-order valence-corrected chi connectivity index (χ4v) is 4.37. The summed E-state index contributed by atoms with van der Waals surface area (Å²) in [6, 6.07) is 0. The third-order valence-corrected chi connectivity index (χ3v) is 5.69. The van der Waals surface area contributed by atoms with Crippen molar-refractivity contribution in [1.29, 1.82) is 0 Å². The molecule has 3 heteroatoms. The molecule has 3 aliphatic rings. The lowest BCUT2D eigenvalue weighted by Gasteiger charge is -2.29. The summed E-state index contributed by atoms with van der Waals surface area (Å²) in [6.07, 6.45) is 17.6. The van der Waals surface area contributed by atoms with Gasteiger partial charge in [0, 0.05) is 19.4 Å². The Balaban J connectivity index is 1.49. The van der Waals surface area contributed by atoms with Gasteiger partial charge in [-0.1, -0.05) is 44.9 Å². The second-order valence-electron chi connectivity index (χ2n) is 7.65. The summed E-state index contributed by atoms with van der Waals surface area (Å²) in [6.45, 7) is 4.41. The number of hydrogen-bond acceptors (Lipinski definition) is 3. The summed E-state index contributed by atoms with van der Waals surface area (Å²) >= 11 is 0. The van der Waals surface area contributed by atoms with Gasteiger partial charge in [-0.05, 0) is 38.8 Å². The summed E-state index contributed by atoms with van der Waals surface area (Å²) in [7, 11) is 0. The van der Waals surface area contributed by atoms with Gasteiger partial charge in [0.1, 0.15) is 0 Å². The van der Waals surface area contributed by atoms with Gasteiger partial charge in [0.05, 0.1) is 12.7 Å². The Morgan fingerprint density at radius 1 is 0.727 bits per heavy atom. The van der Waals surface area contributed by atoms with Crippen LogP contribution in [0.4, 0.5) is 0 Å². The van der Waals surface area contributed by atoms with E-state index in [4.69, 9.17) is 9.47 Å². The first-order chi connectivity index (χ1) is 10.9. The van der Waals surface area contributed by atoms with Crippen molar-refractivity contribution in [3.05, 3.63) is 0 Å². The average Bonchev–Trinajstić information content (AvgIpc) is 3.14. The van der Waals surface area contributed by atoms with Crippen molar-refractivity contribution in [1.82, 2.24) is 4.90 Å². The molecule has 2 aliphatic heterocycles. The fraction of sp³-hybridized carbons (Fsp3) is 1.00. The Labute approximate surface area is 136 Å². The lowest BCUT2D eigenvalue weighted by atomic mass is 9.97. The molecule has 0 aromatic heterocycles. The van der Waals surface area contributed by atoms with Gasteiger partial charge < -0.3 is 14.4 Å². The molecule has 1 saturated carbocycles. The molecule has 2 heterocycles. The van der Waals surface area contributed by atoms with Gasteiger partial charge in [-0.2, -0.15) is 0 Å². The van der Waals surface area contributed by atoms with Crippen molar-refractivity contribution < 1.29 is 9.47 Å². The van der Waals surface area contributed by atoms with Crippen LogP contribution in [-0.4, -0.2) is 43.0 Å². The highest BCUT2D eigenvalue weighted by Crippen LogP contribution is 2.35. The Kier molecular flexibility index (Phi) is 6.58. The van der Waals surface area contributed by atoms with E-state index in [0.717, 1.165) is 26.0 Å². The largest absolute Gasteiger partial charge is 0.347 e. The van der Waals surface area contributed by atoms with Crippen molar-refractivity contribution in [3.63, 3.8) is 0 Å². The maximum atomic E-state index is 6.49. The number of likely N-dealkylation sites (tertiary alicyclic amines) is 1.